The summed E-state index contributed by atoms with van der Waals surface area (Å²) in [5, 5.41) is 3.45. The van der Waals surface area contributed by atoms with Crippen LogP contribution in [0.4, 0.5) is 4.39 Å². The van der Waals surface area contributed by atoms with E-state index in [-0.39, 0.29) is 17.4 Å². The molecule has 2 aromatic heterocycles. The molecule has 0 bridgehead atoms. The standard InChI is InChI=1S/C20H22FN3O/c1-13(2)19(15-6-8-16(21)9-7-15)22-12-17-11-18(25)24-10-4-5-14(3)20(24)23-17/h4-11,13,19,22H,12H2,1-3H3/t19-/m1/s1. The Morgan fingerprint density at radius 3 is 2.60 bits per heavy atom. The van der Waals surface area contributed by atoms with Crippen molar-refractivity contribution in [3.8, 4) is 0 Å². The molecule has 0 aliphatic rings. The Balaban J connectivity index is 1.86. The Kier molecular flexibility index (Phi) is 4.95. The third-order valence-corrected chi connectivity index (χ3v) is 4.34. The highest BCUT2D eigenvalue weighted by molar-refractivity contribution is 5.46. The predicted octanol–water partition coefficient (Wildman–Crippen LogP) is 3.63. The van der Waals surface area contributed by atoms with E-state index in [0.29, 0.717) is 23.8 Å². The number of aromatic nitrogens is 2. The van der Waals surface area contributed by atoms with Gasteiger partial charge in [0.05, 0.1) is 5.69 Å². The first kappa shape index (κ1) is 17.3. The minimum absolute atomic E-state index is 0.0534. The maximum absolute atomic E-state index is 13.2. The predicted molar refractivity (Wildman–Crippen MR) is 97.0 cm³/mol. The summed E-state index contributed by atoms with van der Waals surface area (Å²) in [5.74, 6) is 0.0692. The zero-order chi connectivity index (χ0) is 18.0. The smallest absolute Gasteiger partial charge is 0.258 e. The SMILES string of the molecule is Cc1cccn2c(=O)cc(CN[C@@H](c3ccc(F)cc3)C(C)C)nc12. The molecule has 1 N–H and O–H groups in total. The van der Waals surface area contributed by atoms with E-state index in [9.17, 15) is 9.18 Å². The molecule has 130 valence electrons. The van der Waals surface area contributed by atoms with E-state index in [1.54, 1.807) is 28.8 Å². The van der Waals surface area contributed by atoms with Crippen molar-refractivity contribution in [1.82, 2.24) is 14.7 Å². The summed E-state index contributed by atoms with van der Waals surface area (Å²) in [6.07, 6.45) is 1.73. The van der Waals surface area contributed by atoms with Crippen LogP contribution >= 0.6 is 0 Å². The fraction of sp³-hybridized carbons (Fsp3) is 0.300. The van der Waals surface area contributed by atoms with Crippen LogP contribution in [0.2, 0.25) is 0 Å². The average Bonchev–Trinajstić information content (AvgIpc) is 2.57. The first-order chi connectivity index (χ1) is 12.0. The van der Waals surface area contributed by atoms with Crippen LogP contribution in [-0.2, 0) is 6.54 Å². The monoisotopic (exact) mass is 339 g/mol. The van der Waals surface area contributed by atoms with E-state index in [4.69, 9.17) is 0 Å². The van der Waals surface area contributed by atoms with Gasteiger partial charge in [0.1, 0.15) is 11.5 Å². The molecule has 0 spiro atoms. The van der Waals surface area contributed by atoms with Crippen LogP contribution < -0.4 is 10.9 Å². The maximum Gasteiger partial charge on any atom is 0.258 e. The molecule has 5 heteroatoms. The minimum Gasteiger partial charge on any atom is -0.304 e. The molecule has 0 saturated heterocycles. The Morgan fingerprint density at radius 2 is 1.92 bits per heavy atom. The van der Waals surface area contributed by atoms with Crippen molar-refractivity contribution in [2.45, 2.75) is 33.4 Å². The number of rotatable bonds is 5. The van der Waals surface area contributed by atoms with Crippen LogP contribution in [0.25, 0.3) is 5.65 Å². The highest BCUT2D eigenvalue weighted by Gasteiger charge is 2.16. The van der Waals surface area contributed by atoms with E-state index in [2.05, 4.69) is 24.1 Å². The molecule has 3 rings (SSSR count). The molecule has 0 fully saturated rings. The van der Waals surface area contributed by atoms with Gasteiger partial charge in [-0.15, -0.1) is 0 Å². The molecule has 3 aromatic rings. The summed E-state index contributed by atoms with van der Waals surface area (Å²) >= 11 is 0. The molecule has 0 radical (unpaired) electrons. The first-order valence-corrected chi connectivity index (χ1v) is 8.42. The molecule has 0 amide bonds. The van der Waals surface area contributed by atoms with Crippen LogP contribution in [0, 0.1) is 18.7 Å². The van der Waals surface area contributed by atoms with Gasteiger partial charge in [-0.3, -0.25) is 9.20 Å². The van der Waals surface area contributed by atoms with Crippen LogP contribution in [-0.4, -0.2) is 9.38 Å². The lowest BCUT2D eigenvalue weighted by Gasteiger charge is -2.23. The van der Waals surface area contributed by atoms with Crippen molar-refractivity contribution in [2.75, 3.05) is 0 Å². The number of aryl methyl sites for hydroxylation is 1. The van der Waals surface area contributed by atoms with Crippen LogP contribution in [0.15, 0.2) is 53.5 Å². The normalized spacial score (nSPS) is 12.7. The Hall–Kier alpha value is -2.53. The molecule has 2 heterocycles. The van der Waals surface area contributed by atoms with Crippen LogP contribution in [0.1, 0.15) is 36.7 Å². The number of nitrogens with zero attached hydrogens (tertiary/aromatic N) is 2. The van der Waals surface area contributed by atoms with Gasteiger partial charge in [-0.25, -0.2) is 9.37 Å². The summed E-state index contributed by atoms with van der Waals surface area (Å²) in [5.41, 5.74) is 3.26. The summed E-state index contributed by atoms with van der Waals surface area (Å²) in [6, 6.07) is 11.9. The zero-order valence-electron chi connectivity index (χ0n) is 14.7. The average molecular weight is 339 g/mol. The third kappa shape index (κ3) is 3.77. The van der Waals surface area contributed by atoms with E-state index in [0.717, 1.165) is 11.1 Å². The second-order valence-electron chi connectivity index (χ2n) is 6.62. The largest absolute Gasteiger partial charge is 0.304 e. The zero-order valence-corrected chi connectivity index (χ0v) is 14.7. The highest BCUT2D eigenvalue weighted by atomic mass is 19.1. The van der Waals surface area contributed by atoms with E-state index < -0.39 is 0 Å². The van der Waals surface area contributed by atoms with Gasteiger partial charge in [-0.05, 0) is 42.2 Å². The number of nitrogens with one attached hydrogen (secondary N) is 1. The fourth-order valence-corrected chi connectivity index (χ4v) is 3.02. The third-order valence-electron chi connectivity index (χ3n) is 4.34. The van der Waals surface area contributed by atoms with Gasteiger partial charge >= 0.3 is 0 Å². The lowest BCUT2D eigenvalue weighted by atomic mass is 9.96. The maximum atomic E-state index is 13.2. The molecular weight excluding hydrogens is 317 g/mol. The molecule has 0 aliphatic carbocycles. The van der Waals surface area contributed by atoms with E-state index in [1.807, 2.05) is 19.1 Å². The van der Waals surface area contributed by atoms with Gasteiger partial charge in [-0.1, -0.05) is 32.0 Å². The van der Waals surface area contributed by atoms with Crippen molar-refractivity contribution in [3.05, 3.63) is 81.7 Å². The van der Waals surface area contributed by atoms with E-state index >= 15 is 0 Å². The van der Waals surface area contributed by atoms with Gasteiger partial charge in [0, 0.05) is 24.8 Å². The van der Waals surface area contributed by atoms with Crippen molar-refractivity contribution in [3.63, 3.8) is 0 Å². The second-order valence-corrected chi connectivity index (χ2v) is 6.62. The van der Waals surface area contributed by atoms with Gasteiger partial charge in [0.15, 0.2) is 0 Å². The summed E-state index contributed by atoms with van der Waals surface area (Å²) in [4.78, 5) is 16.9. The Bertz CT molecular complexity index is 932. The van der Waals surface area contributed by atoms with Crippen molar-refractivity contribution in [1.29, 1.82) is 0 Å². The summed E-state index contributed by atoms with van der Waals surface area (Å²) in [7, 11) is 0. The number of hydrogen-bond acceptors (Lipinski definition) is 3. The number of hydrogen-bond donors (Lipinski definition) is 1. The van der Waals surface area contributed by atoms with E-state index in [1.165, 1.54) is 12.1 Å². The Labute approximate surface area is 146 Å². The first-order valence-electron chi connectivity index (χ1n) is 8.42. The number of benzene rings is 1. The quantitative estimate of drug-likeness (QED) is 0.772. The topological polar surface area (TPSA) is 46.4 Å². The number of halogens is 1. The van der Waals surface area contributed by atoms with Crippen LogP contribution in [0.3, 0.4) is 0 Å². The van der Waals surface area contributed by atoms with Crippen molar-refractivity contribution >= 4 is 5.65 Å². The minimum atomic E-state index is -0.244. The Morgan fingerprint density at radius 1 is 1.20 bits per heavy atom. The van der Waals surface area contributed by atoms with Gasteiger partial charge in [0.25, 0.3) is 5.56 Å². The summed E-state index contributed by atoms with van der Waals surface area (Å²) in [6.45, 7) is 6.62. The van der Waals surface area contributed by atoms with Gasteiger partial charge in [-0.2, -0.15) is 0 Å². The van der Waals surface area contributed by atoms with Crippen molar-refractivity contribution in [2.24, 2.45) is 5.92 Å². The molecule has 1 atom stereocenters. The molecule has 1 aromatic carbocycles. The second kappa shape index (κ2) is 7.15. The number of pyridine rings is 1. The molecule has 25 heavy (non-hydrogen) atoms. The molecule has 4 nitrogen and oxygen atoms in total. The molecule has 0 saturated carbocycles. The van der Waals surface area contributed by atoms with Crippen molar-refractivity contribution < 1.29 is 4.39 Å². The molecular formula is C20H22FN3O. The van der Waals surface area contributed by atoms with Crippen LogP contribution in [0.5, 0.6) is 0 Å². The molecule has 0 unspecified atom stereocenters. The highest BCUT2D eigenvalue weighted by Crippen LogP contribution is 2.22. The summed E-state index contributed by atoms with van der Waals surface area (Å²) < 4.78 is 14.7. The van der Waals surface area contributed by atoms with Gasteiger partial charge in [0.2, 0.25) is 0 Å². The fourth-order valence-electron chi connectivity index (χ4n) is 3.02. The lowest BCUT2D eigenvalue weighted by Crippen LogP contribution is -2.27. The van der Waals surface area contributed by atoms with Gasteiger partial charge < -0.3 is 5.32 Å². The number of fused-ring (bicyclic) bond motifs is 1. The molecule has 0 aliphatic heterocycles. The lowest BCUT2D eigenvalue weighted by molar-refractivity contribution is 0.408.